The predicted octanol–water partition coefficient (Wildman–Crippen LogP) is 3.81. The van der Waals surface area contributed by atoms with E-state index >= 15 is 0 Å². The maximum Gasteiger partial charge on any atom is 0.356 e. The lowest BCUT2D eigenvalue weighted by Gasteiger charge is -1.97. The molecule has 3 aromatic rings. The summed E-state index contributed by atoms with van der Waals surface area (Å²) >= 11 is 0. The topological polar surface area (TPSA) is 115 Å². The number of aromatic nitrogens is 1. The molecular formula is C18H13N3O4. The molecule has 0 radical (unpaired) electrons. The fraction of sp³-hybridized carbons (Fsp3) is 0. The number of hydrogen-bond acceptors (Lipinski definition) is 5. The number of benzene rings is 2. The number of allylic oxidation sites excluding steroid dienone is 1. The molecule has 1 aromatic heterocycles. The molecule has 7 heteroatoms. The number of rotatable bonds is 5. The maximum absolute atomic E-state index is 12.1. The first-order chi connectivity index (χ1) is 12.1. The Kier molecular flexibility index (Phi) is 4.38. The van der Waals surface area contributed by atoms with E-state index in [1.165, 1.54) is 0 Å². The average Bonchev–Trinajstić information content (AvgIpc) is 2.94. The highest BCUT2D eigenvalue weighted by Crippen LogP contribution is 2.35. The Morgan fingerprint density at radius 3 is 2.40 bits per heavy atom. The van der Waals surface area contributed by atoms with E-state index in [9.17, 15) is 19.8 Å². The van der Waals surface area contributed by atoms with E-state index in [0.29, 0.717) is 16.5 Å². The van der Waals surface area contributed by atoms with E-state index in [-0.39, 0.29) is 11.6 Å². The summed E-state index contributed by atoms with van der Waals surface area (Å²) in [4.78, 5) is 26.1. The number of azo groups is 1. The second-order valence-corrected chi connectivity index (χ2v) is 5.13. The lowest BCUT2D eigenvalue weighted by Crippen LogP contribution is -2.02. The van der Waals surface area contributed by atoms with Gasteiger partial charge < -0.3 is 15.2 Å². The van der Waals surface area contributed by atoms with Crippen molar-refractivity contribution in [3.05, 3.63) is 71.9 Å². The summed E-state index contributed by atoms with van der Waals surface area (Å²) < 4.78 is 0. The quantitative estimate of drug-likeness (QED) is 0.373. The van der Waals surface area contributed by atoms with E-state index in [1.807, 2.05) is 0 Å². The summed E-state index contributed by atoms with van der Waals surface area (Å²) in [5, 5.41) is 27.2. The number of carboxylic acids is 1. The molecule has 3 rings (SSSR count). The fourth-order valence-corrected chi connectivity index (χ4v) is 2.26. The standard InChI is InChI=1S/C18H13N3O4/c22-15(11-6-2-1-3-7-11)10-14(18(24)25)20-21-16-12-8-4-5-9-13(12)19-17(16)23/h1-10,19,23H,(H,24,25). The zero-order valence-electron chi connectivity index (χ0n) is 12.9. The van der Waals surface area contributed by atoms with E-state index < -0.39 is 17.4 Å². The van der Waals surface area contributed by atoms with E-state index in [0.717, 1.165) is 6.08 Å². The number of para-hydroxylation sites is 1. The number of fused-ring (bicyclic) bond motifs is 1. The van der Waals surface area contributed by atoms with Gasteiger partial charge in [0, 0.05) is 17.0 Å². The molecule has 0 saturated carbocycles. The molecule has 124 valence electrons. The van der Waals surface area contributed by atoms with Crippen molar-refractivity contribution < 1.29 is 19.8 Å². The van der Waals surface area contributed by atoms with Crippen LogP contribution in [-0.4, -0.2) is 26.9 Å². The molecule has 0 amide bonds. The molecule has 0 aliphatic rings. The number of nitrogens with zero attached hydrogens (tertiary/aromatic N) is 2. The lowest BCUT2D eigenvalue weighted by atomic mass is 10.1. The van der Waals surface area contributed by atoms with Crippen LogP contribution < -0.4 is 0 Å². The van der Waals surface area contributed by atoms with Gasteiger partial charge in [-0.05, 0) is 6.07 Å². The number of carbonyl (C=O) groups is 2. The number of aromatic amines is 1. The van der Waals surface area contributed by atoms with Crippen LogP contribution in [0.2, 0.25) is 0 Å². The summed E-state index contributed by atoms with van der Waals surface area (Å²) in [6.07, 6.45) is 0.896. The zero-order chi connectivity index (χ0) is 17.8. The molecule has 25 heavy (non-hydrogen) atoms. The molecule has 0 atom stereocenters. The van der Waals surface area contributed by atoms with E-state index in [2.05, 4.69) is 15.2 Å². The fourth-order valence-electron chi connectivity index (χ4n) is 2.26. The van der Waals surface area contributed by atoms with E-state index in [4.69, 9.17) is 0 Å². The maximum atomic E-state index is 12.1. The van der Waals surface area contributed by atoms with Crippen LogP contribution in [-0.2, 0) is 4.79 Å². The van der Waals surface area contributed by atoms with Crippen molar-refractivity contribution in [1.82, 2.24) is 4.98 Å². The Morgan fingerprint density at radius 2 is 1.68 bits per heavy atom. The van der Waals surface area contributed by atoms with Crippen molar-refractivity contribution >= 4 is 28.3 Å². The van der Waals surface area contributed by atoms with Crippen molar-refractivity contribution in [3.8, 4) is 5.88 Å². The highest BCUT2D eigenvalue weighted by atomic mass is 16.4. The van der Waals surface area contributed by atoms with Gasteiger partial charge in [0.15, 0.2) is 17.2 Å². The molecule has 7 nitrogen and oxygen atoms in total. The number of ketones is 1. The van der Waals surface area contributed by atoms with Crippen LogP contribution in [0.5, 0.6) is 5.88 Å². The third-order valence-corrected chi connectivity index (χ3v) is 3.46. The van der Waals surface area contributed by atoms with Crippen LogP contribution in [0.15, 0.2) is 76.6 Å². The molecule has 0 bridgehead atoms. The number of carbonyl (C=O) groups excluding carboxylic acids is 1. The molecule has 0 fully saturated rings. The van der Waals surface area contributed by atoms with Crippen LogP contribution in [0, 0.1) is 0 Å². The second-order valence-electron chi connectivity index (χ2n) is 5.13. The summed E-state index contributed by atoms with van der Waals surface area (Å²) in [6, 6.07) is 15.2. The van der Waals surface area contributed by atoms with Crippen LogP contribution in [0.3, 0.4) is 0 Å². The summed E-state index contributed by atoms with van der Waals surface area (Å²) in [7, 11) is 0. The highest BCUT2D eigenvalue weighted by Gasteiger charge is 2.13. The number of H-pyrrole nitrogens is 1. The van der Waals surface area contributed by atoms with E-state index in [1.54, 1.807) is 54.6 Å². The summed E-state index contributed by atoms with van der Waals surface area (Å²) in [6.45, 7) is 0. The monoisotopic (exact) mass is 335 g/mol. The SMILES string of the molecule is O=C(O)C(=CC(=O)c1ccccc1)N=Nc1c(O)[nH]c2ccccc12. The van der Waals surface area contributed by atoms with Gasteiger partial charge in [-0.15, -0.1) is 10.2 Å². The lowest BCUT2D eigenvalue weighted by molar-refractivity contribution is -0.132. The molecule has 3 N–H and O–H groups in total. The van der Waals surface area contributed by atoms with Crippen molar-refractivity contribution in [2.75, 3.05) is 0 Å². The minimum Gasteiger partial charge on any atom is -0.493 e. The zero-order valence-corrected chi connectivity index (χ0v) is 12.9. The molecule has 0 spiro atoms. The Bertz CT molecular complexity index is 1000. The molecule has 0 aliphatic heterocycles. The van der Waals surface area contributed by atoms with Gasteiger partial charge in [-0.25, -0.2) is 4.79 Å². The Labute approximate surface area is 142 Å². The van der Waals surface area contributed by atoms with Gasteiger partial charge in [-0.1, -0.05) is 48.5 Å². The number of nitrogens with one attached hydrogen (secondary N) is 1. The van der Waals surface area contributed by atoms with Crippen molar-refractivity contribution in [1.29, 1.82) is 0 Å². The van der Waals surface area contributed by atoms with Gasteiger partial charge in [0.05, 0.1) is 5.52 Å². The predicted molar refractivity (Wildman–Crippen MR) is 91.0 cm³/mol. The van der Waals surface area contributed by atoms with Crippen molar-refractivity contribution in [2.45, 2.75) is 0 Å². The van der Waals surface area contributed by atoms with Gasteiger partial charge in [0.1, 0.15) is 0 Å². The molecule has 1 heterocycles. The molecule has 0 unspecified atom stereocenters. The van der Waals surface area contributed by atoms with Gasteiger partial charge in [-0.3, -0.25) is 4.79 Å². The summed E-state index contributed by atoms with van der Waals surface area (Å²) in [5.74, 6) is -2.13. The number of aromatic hydroxyl groups is 1. The highest BCUT2D eigenvalue weighted by molar-refractivity contribution is 6.08. The van der Waals surface area contributed by atoms with Crippen molar-refractivity contribution in [2.24, 2.45) is 10.2 Å². The van der Waals surface area contributed by atoms with Crippen LogP contribution in [0.1, 0.15) is 10.4 Å². The third kappa shape index (κ3) is 3.45. The van der Waals surface area contributed by atoms with Crippen LogP contribution in [0.25, 0.3) is 10.9 Å². The first-order valence-electron chi connectivity index (χ1n) is 7.32. The number of carboxylic acid groups (broad SMARTS) is 1. The first kappa shape index (κ1) is 16.1. The normalized spacial score (nSPS) is 11.9. The Hall–Kier alpha value is -3.74. The van der Waals surface area contributed by atoms with Crippen LogP contribution >= 0.6 is 0 Å². The second kappa shape index (κ2) is 6.79. The first-order valence-corrected chi connectivity index (χ1v) is 7.32. The molecule has 0 saturated heterocycles. The molecule has 0 aliphatic carbocycles. The average molecular weight is 335 g/mol. The Balaban J connectivity index is 1.95. The van der Waals surface area contributed by atoms with Gasteiger partial charge >= 0.3 is 5.97 Å². The van der Waals surface area contributed by atoms with Gasteiger partial charge in [0.25, 0.3) is 0 Å². The Morgan fingerprint density at radius 1 is 1.00 bits per heavy atom. The minimum atomic E-state index is -1.40. The largest absolute Gasteiger partial charge is 0.493 e. The van der Waals surface area contributed by atoms with Gasteiger partial charge in [0.2, 0.25) is 5.88 Å². The molecular weight excluding hydrogens is 322 g/mol. The number of hydrogen-bond donors (Lipinski definition) is 3. The number of aliphatic carboxylic acids is 1. The third-order valence-electron chi connectivity index (χ3n) is 3.46. The molecule has 2 aromatic carbocycles. The van der Waals surface area contributed by atoms with Crippen LogP contribution in [0.4, 0.5) is 5.69 Å². The van der Waals surface area contributed by atoms with Gasteiger partial charge in [-0.2, -0.15) is 0 Å². The van der Waals surface area contributed by atoms with Crippen molar-refractivity contribution in [3.63, 3.8) is 0 Å². The minimum absolute atomic E-state index is 0.106. The smallest absolute Gasteiger partial charge is 0.356 e. The summed E-state index contributed by atoms with van der Waals surface area (Å²) in [5.41, 5.74) is 0.551.